The first-order chi connectivity index (χ1) is 9.31. The molecule has 0 radical (unpaired) electrons. The predicted octanol–water partition coefficient (Wildman–Crippen LogP) is 2.80. The Kier molecular flexibility index (Phi) is 3.80. The van der Waals surface area contributed by atoms with Gasteiger partial charge in [-0.05, 0) is 36.5 Å². The van der Waals surface area contributed by atoms with Crippen molar-refractivity contribution in [3.8, 4) is 0 Å². The minimum absolute atomic E-state index is 0.590. The first kappa shape index (κ1) is 12.6. The maximum atomic E-state index is 6.01. The SMILES string of the molecule is Clc1cccc(C2CC(NCCc3ncno3)C2)c1. The van der Waals surface area contributed by atoms with E-state index >= 15 is 0 Å². The first-order valence-electron chi connectivity index (χ1n) is 6.55. The summed E-state index contributed by atoms with van der Waals surface area (Å²) < 4.78 is 4.95. The lowest BCUT2D eigenvalue weighted by Crippen LogP contribution is -2.40. The highest BCUT2D eigenvalue weighted by atomic mass is 35.5. The summed E-state index contributed by atoms with van der Waals surface area (Å²) in [5.74, 6) is 1.33. The van der Waals surface area contributed by atoms with Gasteiger partial charge in [-0.1, -0.05) is 28.9 Å². The van der Waals surface area contributed by atoms with E-state index in [9.17, 15) is 0 Å². The molecule has 1 N–H and O–H groups in total. The molecule has 0 saturated heterocycles. The normalized spacial score (nSPS) is 22.2. The summed E-state index contributed by atoms with van der Waals surface area (Å²) in [7, 11) is 0. The van der Waals surface area contributed by atoms with Crippen molar-refractivity contribution in [3.63, 3.8) is 0 Å². The van der Waals surface area contributed by atoms with Crippen LogP contribution in [-0.4, -0.2) is 22.7 Å². The second-order valence-corrected chi connectivity index (χ2v) is 5.40. The van der Waals surface area contributed by atoms with Crippen LogP contribution in [0.2, 0.25) is 5.02 Å². The van der Waals surface area contributed by atoms with Gasteiger partial charge in [0.05, 0.1) is 0 Å². The second kappa shape index (κ2) is 5.72. The predicted molar refractivity (Wildman–Crippen MR) is 73.2 cm³/mol. The molecule has 1 aliphatic carbocycles. The Bertz CT molecular complexity index is 523. The van der Waals surface area contributed by atoms with E-state index in [0.29, 0.717) is 17.9 Å². The number of nitrogens with one attached hydrogen (secondary N) is 1. The molecule has 100 valence electrons. The number of benzene rings is 1. The molecule has 1 saturated carbocycles. The van der Waals surface area contributed by atoms with Crippen LogP contribution < -0.4 is 5.32 Å². The molecule has 4 nitrogen and oxygen atoms in total. The molecular weight excluding hydrogens is 262 g/mol. The Morgan fingerprint density at radius 3 is 3.00 bits per heavy atom. The van der Waals surface area contributed by atoms with Crippen molar-refractivity contribution in [3.05, 3.63) is 47.1 Å². The highest BCUT2D eigenvalue weighted by Gasteiger charge is 2.29. The molecule has 1 aliphatic rings. The van der Waals surface area contributed by atoms with Crippen LogP contribution in [0.1, 0.15) is 30.2 Å². The van der Waals surface area contributed by atoms with Gasteiger partial charge in [0, 0.05) is 24.0 Å². The van der Waals surface area contributed by atoms with Crippen LogP contribution >= 0.6 is 11.6 Å². The zero-order valence-corrected chi connectivity index (χ0v) is 11.3. The Balaban J connectivity index is 1.41. The molecule has 0 spiro atoms. The number of hydrogen-bond donors (Lipinski definition) is 1. The molecule has 1 fully saturated rings. The standard InChI is InChI=1S/C14H16ClN3O/c15-12-3-1-2-10(6-12)11-7-13(8-11)16-5-4-14-17-9-18-19-14/h1-3,6,9,11,13,16H,4-5,7-8H2. The molecule has 19 heavy (non-hydrogen) atoms. The van der Waals surface area contributed by atoms with E-state index in [1.165, 1.54) is 24.7 Å². The molecule has 0 atom stereocenters. The van der Waals surface area contributed by atoms with Crippen molar-refractivity contribution < 1.29 is 4.52 Å². The van der Waals surface area contributed by atoms with Gasteiger partial charge in [0.1, 0.15) is 0 Å². The fraction of sp³-hybridized carbons (Fsp3) is 0.429. The fourth-order valence-corrected chi connectivity index (χ4v) is 2.71. The molecule has 5 heteroatoms. The van der Waals surface area contributed by atoms with E-state index in [1.54, 1.807) is 0 Å². The van der Waals surface area contributed by atoms with Gasteiger partial charge in [-0.25, -0.2) is 0 Å². The zero-order valence-electron chi connectivity index (χ0n) is 10.6. The van der Waals surface area contributed by atoms with Crippen molar-refractivity contribution in [2.45, 2.75) is 31.2 Å². The third-order valence-corrected chi connectivity index (χ3v) is 3.87. The van der Waals surface area contributed by atoms with Crippen LogP contribution in [0.3, 0.4) is 0 Å². The minimum Gasteiger partial charge on any atom is -0.340 e. The molecule has 1 aromatic heterocycles. The van der Waals surface area contributed by atoms with Gasteiger partial charge in [-0.15, -0.1) is 0 Å². The van der Waals surface area contributed by atoms with Gasteiger partial charge in [-0.2, -0.15) is 4.98 Å². The third kappa shape index (κ3) is 3.14. The highest BCUT2D eigenvalue weighted by Crippen LogP contribution is 2.37. The van der Waals surface area contributed by atoms with E-state index in [-0.39, 0.29) is 0 Å². The van der Waals surface area contributed by atoms with Crippen LogP contribution in [0.5, 0.6) is 0 Å². The molecule has 1 aromatic carbocycles. The zero-order chi connectivity index (χ0) is 13.1. The van der Waals surface area contributed by atoms with Crippen molar-refractivity contribution >= 4 is 11.6 Å². The van der Waals surface area contributed by atoms with Crippen molar-refractivity contribution in [1.82, 2.24) is 15.5 Å². The Morgan fingerprint density at radius 1 is 1.37 bits per heavy atom. The minimum atomic E-state index is 0.590. The van der Waals surface area contributed by atoms with Crippen molar-refractivity contribution in [2.75, 3.05) is 6.54 Å². The lowest BCUT2D eigenvalue weighted by atomic mass is 9.76. The summed E-state index contributed by atoms with van der Waals surface area (Å²) in [4.78, 5) is 4.00. The fourth-order valence-electron chi connectivity index (χ4n) is 2.51. The number of aromatic nitrogens is 2. The van der Waals surface area contributed by atoms with Gasteiger partial charge >= 0.3 is 0 Å². The highest BCUT2D eigenvalue weighted by molar-refractivity contribution is 6.30. The van der Waals surface area contributed by atoms with E-state index < -0.39 is 0 Å². The van der Waals surface area contributed by atoms with Crippen LogP contribution in [0, 0.1) is 0 Å². The smallest absolute Gasteiger partial charge is 0.227 e. The topological polar surface area (TPSA) is 51.0 Å². The van der Waals surface area contributed by atoms with Crippen molar-refractivity contribution in [1.29, 1.82) is 0 Å². The molecule has 0 unspecified atom stereocenters. The molecule has 1 heterocycles. The van der Waals surface area contributed by atoms with Gasteiger partial charge in [0.15, 0.2) is 6.33 Å². The lowest BCUT2D eigenvalue weighted by Gasteiger charge is -2.36. The van der Waals surface area contributed by atoms with Gasteiger partial charge < -0.3 is 9.84 Å². The third-order valence-electron chi connectivity index (χ3n) is 3.64. The monoisotopic (exact) mass is 277 g/mol. The summed E-state index contributed by atoms with van der Waals surface area (Å²) in [6.07, 6.45) is 4.57. The second-order valence-electron chi connectivity index (χ2n) is 4.96. The van der Waals surface area contributed by atoms with E-state index in [1.807, 2.05) is 12.1 Å². The average molecular weight is 278 g/mol. The summed E-state index contributed by atoms with van der Waals surface area (Å²) in [6, 6.07) is 8.76. The van der Waals surface area contributed by atoms with Gasteiger partial charge in [0.25, 0.3) is 0 Å². The lowest BCUT2D eigenvalue weighted by molar-refractivity contribution is 0.287. The average Bonchev–Trinajstić information content (AvgIpc) is 2.85. The van der Waals surface area contributed by atoms with E-state index in [2.05, 4.69) is 27.6 Å². The number of nitrogens with zero attached hydrogens (tertiary/aromatic N) is 2. The Morgan fingerprint density at radius 2 is 2.26 bits per heavy atom. The molecule has 3 rings (SSSR count). The van der Waals surface area contributed by atoms with Gasteiger partial charge in [0.2, 0.25) is 5.89 Å². The van der Waals surface area contributed by atoms with E-state index in [4.69, 9.17) is 16.1 Å². The molecule has 0 bridgehead atoms. The van der Waals surface area contributed by atoms with Crippen LogP contribution in [0.4, 0.5) is 0 Å². The molecule has 0 aliphatic heterocycles. The molecule has 0 amide bonds. The molecule has 2 aromatic rings. The maximum absolute atomic E-state index is 6.01. The largest absolute Gasteiger partial charge is 0.340 e. The first-order valence-corrected chi connectivity index (χ1v) is 6.93. The molecular formula is C14H16ClN3O. The van der Waals surface area contributed by atoms with Crippen LogP contribution in [0.15, 0.2) is 35.1 Å². The Hall–Kier alpha value is -1.39. The van der Waals surface area contributed by atoms with E-state index in [0.717, 1.165) is 18.0 Å². The maximum Gasteiger partial charge on any atom is 0.227 e. The quantitative estimate of drug-likeness (QED) is 0.913. The van der Waals surface area contributed by atoms with Crippen LogP contribution in [0.25, 0.3) is 0 Å². The van der Waals surface area contributed by atoms with Crippen molar-refractivity contribution in [2.24, 2.45) is 0 Å². The van der Waals surface area contributed by atoms with Crippen LogP contribution in [-0.2, 0) is 6.42 Å². The summed E-state index contributed by atoms with van der Waals surface area (Å²) >= 11 is 6.01. The summed E-state index contributed by atoms with van der Waals surface area (Å²) in [5.41, 5.74) is 1.35. The van der Waals surface area contributed by atoms with Gasteiger partial charge in [-0.3, -0.25) is 0 Å². The summed E-state index contributed by atoms with van der Waals surface area (Å²) in [6.45, 7) is 0.884. The number of halogens is 1. The Labute approximate surface area is 117 Å². The number of rotatable bonds is 5. The summed E-state index contributed by atoms with van der Waals surface area (Å²) in [5, 5.41) is 7.92. The number of hydrogen-bond acceptors (Lipinski definition) is 4.